The van der Waals surface area contributed by atoms with Crippen LogP contribution in [-0.2, 0) is 19.1 Å². The average molecular weight is 434 g/mol. The van der Waals surface area contributed by atoms with Crippen molar-refractivity contribution in [1.82, 2.24) is 4.90 Å². The van der Waals surface area contributed by atoms with Crippen molar-refractivity contribution in [2.75, 3.05) is 43.1 Å². The Labute approximate surface area is 169 Å². The van der Waals surface area contributed by atoms with Crippen molar-refractivity contribution >= 4 is 29.1 Å². The third-order valence-corrected chi connectivity index (χ3v) is 4.49. The average Bonchev–Trinajstić information content (AvgIpc) is 2.67. The van der Waals surface area contributed by atoms with Crippen LogP contribution in [0.5, 0.6) is 0 Å². The van der Waals surface area contributed by atoms with Gasteiger partial charge in [-0.25, -0.2) is 17.6 Å². The van der Waals surface area contributed by atoms with Crippen LogP contribution in [0.1, 0.15) is 18.9 Å². The number of benzene rings is 1. The molecule has 3 N–H and O–H groups in total. The highest BCUT2D eigenvalue weighted by Gasteiger charge is 2.33. The number of rotatable bonds is 9. The van der Waals surface area contributed by atoms with Crippen LogP contribution in [0.25, 0.3) is 0 Å². The molecule has 1 atom stereocenters. The second-order valence-electron chi connectivity index (χ2n) is 6.44. The van der Waals surface area contributed by atoms with Gasteiger partial charge in [0, 0.05) is 23.5 Å². The number of nitrogens with two attached hydrogens (primary N) is 1. The summed E-state index contributed by atoms with van der Waals surface area (Å²) >= 11 is 0. The summed E-state index contributed by atoms with van der Waals surface area (Å²) in [4.78, 5) is 38.3. The van der Waals surface area contributed by atoms with Gasteiger partial charge in [-0.1, -0.05) is 6.92 Å². The van der Waals surface area contributed by atoms with Gasteiger partial charge < -0.3 is 20.7 Å². The number of carbonyl (C=O) groups is 3. The molecule has 1 aromatic rings. The predicted octanol–water partition coefficient (Wildman–Crippen LogP) is 1.37. The van der Waals surface area contributed by atoms with Gasteiger partial charge >= 0.3 is 0 Å². The summed E-state index contributed by atoms with van der Waals surface area (Å²) < 4.78 is 57.7. The first-order valence-electron chi connectivity index (χ1n) is 9.08. The molecule has 1 fully saturated rings. The number of morpholine rings is 1. The molecule has 0 saturated carbocycles. The minimum atomic E-state index is -3.02. The predicted molar refractivity (Wildman–Crippen MR) is 99.4 cm³/mol. The molecule has 0 aromatic heterocycles. The van der Waals surface area contributed by atoms with Crippen molar-refractivity contribution in [2.45, 2.75) is 25.8 Å². The summed E-state index contributed by atoms with van der Waals surface area (Å²) in [6.45, 7) is 0.703. The molecule has 0 unspecified atom stereocenters. The van der Waals surface area contributed by atoms with Crippen molar-refractivity contribution in [3.8, 4) is 0 Å². The Balaban J connectivity index is 2.30. The van der Waals surface area contributed by atoms with Crippen molar-refractivity contribution in [1.29, 1.82) is 0 Å². The van der Waals surface area contributed by atoms with Crippen LogP contribution in [0.2, 0.25) is 0 Å². The molecular formula is C18H22F4N4O4. The van der Waals surface area contributed by atoms with Crippen LogP contribution in [0.15, 0.2) is 18.2 Å². The molecule has 3 amide bonds. The molecule has 2 rings (SSSR count). The smallest absolute Gasteiger partial charge is 0.265 e. The molecule has 1 aliphatic rings. The van der Waals surface area contributed by atoms with E-state index in [9.17, 15) is 31.9 Å². The second-order valence-corrected chi connectivity index (χ2v) is 6.44. The van der Waals surface area contributed by atoms with E-state index in [0.717, 1.165) is 17.0 Å². The zero-order valence-corrected chi connectivity index (χ0v) is 16.1. The molecular weight excluding hydrogens is 412 g/mol. The van der Waals surface area contributed by atoms with E-state index in [1.165, 1.54) is 17.9 Å². The first kappa shape index (κ1) is 23.5. The van der Waals surface area contributed by atoms with E-state index in [4.69, 9.17) is 10.5 Å². The Morgan fingerprint density at radius 1 is 1.30 bits per heavy atom. The van der Waals surface area contributed by atoms with E-state index < -0.39 is 48.7 Å². The molecule has 12 heteroatoms. The van der Waals surface area contributed by atoms with Crippen LogP contribution in [0.3, 0.4) is 0 Å². The van der Waals surface area contributed by atoms with Gasteiger partial charge in [0.2, 0.25) is 5.91 Å². The number of nitrogens with zero attached hydrogens (tertiary/aromatic N) is 2. The monoisotopic (exact) mass is 434 g/mol. The topological polar surface area (TPSA) is 105 Å². The molecule has 1 aromatic carbocycles. The molecule has 1 aliphatic heterocycles. The van der Waals surface area contributed by atoms with Gasteiger partial charge in [0.25, 0.3) is 24.7 Å². The maximum Gasteiger partial charge on any atom is 0.265 e. The summed E-state index contributed by atoms with van der Waals surface area (Å²) in [7, 11) is 0. The van der Waals surface area contributed by atoms with Gasteiger partial charge in [-0.3, -0.25) is 19.3 Å². The van der Waals surface area contributed by atoms with Gasteiger partial charge in [-0.15, -0.1) is 0 Å². The number of ether oxygens (including phenoxy) is 1. The first-order chi connectivity index (χ1) is 14.1. The Bertz CT molecular complexity index is 793. The zero-order valence-electron chi connectivity index (χ0n) is 16.1. The fraction of sp³-hybridized carbons (Fsp3) is 0.500. The van der Waals surface area contributed by atoms with Crippen molar-refractivity contribution in [2.24, 2.45) is 5.73 Å². The quantitative estimate of drug-likeness (QED) is 0.451. The maximum absolute atomic E-state index is 13.6. The normalized spacial score (nSPS) is 15.7. The zero-order chi connectivity index (χ0) is 22.4. The van der Waals surface area contributed by atoms with Crippen LogP contribution < -0.4 is 16.0 Å². The molecule has 0 aliphatic carbocycles. The highest BCUT2D eigenvalue weighted by Crippen LogP contribution is 2.32. The highest BCUT2D eigenvalue weighted by atomic mass is 19.3. The lowest BCUT2D eigenvalue weighted by Gasteiger charge is -2.28. The summed E-state index contributed by atoms with van der Waals surface area (Å²) in [6.07, 6.45) is -5.85. The number of hydrogen-bond donors (Lipinski definition) is 2. The SMILES string of the molecule is CCN(CC(F)F)[C@@H](C(N)=O)C(=O)Nc1ccc(N2CCOCC2=O)cc1C(F)F. The van der Waals surface area contributed by atoms with Gasteiger partial charge in [-0.2, -0.15) is 0 Å². The molecule has 166 valence electrons. The van der Waals surface area contributed by atoms with Crippen LogP contribution in [0, 0.1) is 0 Å². The fourth-order valence-corrected chi connectivity index (χ4v) is 3.07. The second kappa shape index (κ2) is 10.3. The minimum absolute atomic E-state index is 0.0921. The summed E-state index contributed by atoms with van der Waals surface area (Å²) in [5, 5.41) is 2.17. The van der Waals surface area contributed by atoms with Gasteiger partial charge in [0.1, 0.15) is 6.61 Å². The maximum atomic E-state index is 13.6. The lowest BCUT2D eigenvalue weighted by molar-refractivity contribution is -0.133. The van der Waals surface area contributed by atoms with Crippen LogP contribution >= 0.6 is 0 Å². The van der Waals surface area contributed by atoms with Crippen molar-refractivity contribution < 1.29 is 36.7 Å². The van der Waals surface area contributed by atoms with Crippen LogP contribution in [-0.4, -0.2) is 67.9 Å². The summed E-state index contributed by atoms with van der Waals surface area (Å²) in [5.74, 6) is -2.70. The van der Waals surface area contributed by atoms with E-state index in [2.05, 4.69) is 5.32 Å². The molecule has 0 radical (unpaired) electrons. The number of nitrogens with one attached hydrogen (secondary N) is 1. The van der Waals surface area contributed by atoms with Gasteiger partial charge in [0.15, 0.2) is 6.04 Å². The summed E-state index contributed by atoms with van der Waals surface area (Å²) in [5.41, 5.74) is 4.46. The van der Waals surface area contributed by atoms with Gasteiger partial charge in [0.05, 0.1) is 13.2 Å². The Morgan fingerprint density at radius 3 is 2.53 bits per heavy atom. The fourth-order valence-electron chi connectivity index (χ4n) is 3.07. The molecule has 1 heterocycles. The van der Waals surface area contributed by atoms with E-state index in [-0.39, 0.29) is 37.7 Å². The molecule has 0 spiro atoms. The largest absolute Gasteiger partial charge is 0.370 e. The van der Waals surface area contributed by atoms with Crippen molar-refractivity contribution in [3.05, 3.63) is 23.8 Å². The number of alkyl halides is 4. The summed E-state index contributed by atoms with van der Waals surface area (Å²) in [6, 6.07) is 1.77. The number of likely N-dealkylation sites (N-methyl/N-ethyl adjacent to an activating group) is 1. The molecule has 30 heavy (non-hydrogen) atoms. The molecule has 1 saturated heterocycles. The number of hydrogen-bond acceptors (Lipinski definition) is 5. The lowest BCUT2D eigenvalue weighted by atomic mass is 10.1. The molecule has 0 bridgehead atoms. The van der Waals surface area contributed by atoms with Crippen molar-refractivity contribution in [3.63, 3.8) is 0 Å². The minimum Gasteiger partial charge on any atom is -0.370 e. The first-order valence-corrected chi connectivity index (χ1v) is 9.08. The molecule has 8 nitrogen and oxygen atoms in total. The number of carbonyl (C=O) groups excluding carboxylic acids is 3. The number of amides is 3. The van der Waals surface area contributed by atoms with E-state index in [0.29, 0.717) is 0 Å². The number of halogens is 4. The Kier molecular flexibility index (Phi) is 8.12. The van der Waals surface area contributed by atoms with Gasteiger partial charge in [-0.05, 0) is 24.7 Å². The highest BCUT2D eigenvalue weighted by molar-refractivity contribution is 6.10. The third kappa shape index (κ3) is 5.66. The lowest BCUT2D eigenvalue weighted by Crippen LogP contribution is -2.53. The number of anilines is 2. The number of primary amides is 1. The van der Waals surface area contributed by atoms with E-state index >= 15 is 0 Å². The Hall–Kier alpha value is -2.73. The van der Waals surface area contributed by atoms with E-state index in [1.54, 1.807) is 0 Å². The third-order valence-electron chi connectivity index (χ3n) is 4.49. The van der Waals surface area contributed by atoms with E-state index in [1.807, 2.05) is 0 Å². The Morgan fingerprint density at radius 2 is 2.00 bits per heavy atom. The van der Waals surface area contributed by atoms with Crippen LogP contribution in [0.4, 0.5) is 28.9 Å². The standard InChI is InChI=1S/C18H22F4N4O4/c1-2-25(8-13(19)20)15(17(23)28)18(29)24-12-4-3-10(7-11(12)16(21)22)26-5-6-30-9-14(26)27/h3-4,7,13,15-16H,2,5-6,8-9H2,1H3,(H2,23,28)(H,24,29)/t15-/m0/s1.